The lowest BCUT2D eigenvalue weighted by Gasteiger charge is -2.13. The number of rotatable bonds is 4. The van der Waals surface area contributed by atoms with Gasteiger partial charge in [0.25, 0.3) is 5.91 Å². The molecule has 6 heteroatoms. The molecule has 1 atom stereocenters. The van der Waals surface area contributed by atoms with E-state index >= 15 is 0 Å². The highest BCUT2D eigenvalue weighted by Crippen LogP contribution is 2.29. The van der Waals surface area contributed by atoms with Crippen molar-refractivity contribution in [3.05, 3.63) is 39.3 Å². The fraction of sp³-hybridized carbons (Fsp3) is 0.375. The standard InChI is InChI=1S/C16H17BrN2O2S/c1-10(21-12-6-4-5-11(17)9-12)15(20)19-16-18-13-7-2-3-8-14(13)22-16/h4-6,9-10H,2-3,7-8H2,1H3,(H,18,19,20). The Morgan fingerprint density at radius 3 is 3.00 bits per heavy atom. The Balaban J connectivity index is 1.62. The zero-order chi connectivity index (χ0) is 15.5. The molecule has 4 nitrogen and oxygen atoms in total. The first-order chi connectivity index (χ1) is 10.6. The molecule has 1 aliphatic carbocycles. The minimum Gasteiger partial charge on any atom is -0.481 e. The number of fused-ring (bicyclic) bond motifs is 1. The fourth-order valence-corrected chi connectivity index (χ4v) is 3.84. The number of carbonyl (C=O) groups is 1. The van der Waals surface area contributed by atoms with Crippen LogP contribution < -0.4 is 10.1 Å². The summed E-state index contributed by atoms with van der Waals surface area (Å²) in [5.41, 5.74) is 1.15. The molecule has 0 fully saturated rings. The highest BCUT2D eigenvalue weighted by atomic mass is 79.9. The third kappa shape index (κ3) is 3.67. The lowest BCUT2D eigenvalue weighted by Crippen LogP contribution is -2.30. The quantitative estimate of drug-likeness (QED) is 0.864. The molecule has 0 radical (unpaired) electrons. The van der Waals surface area contributed by atoms with Crippen molar-refractivity contribution in [2.24, 2.45) is 0 Å². The maximum absolute atomic E-state index is 12.2. The van der Waals surface area contributed by atoms with Gasteiger partial charge in [0.1, 0.15) is 5.75 Å². The molecule has 1 aromatic carbocycles. The molecule has 0 saturated carbocycles. The molecule has 1 unspecified atom stereocenters. The molecule has 0 bridgehead atoms. The Labute approximate surface area is 142 Å². The normalized spacial score (nSPS) is 15.0. The Bertz CT molecular complexity index is 663. The summed E-state index contributed by atoms with van der Waals surface area (Å²) < 4.78 is 6.59. The van der Waals surface area contributed by atoms with Crippen LogP contribution in [0.15, 0.2) is 28.7 Å². The van der Waals surface area contributed by atoms with Gasteiger partial charge in [-0.25, -0.2) is 4.98 Å². The van der Waals surface area contributed by atoms with Crippen molar-refractivity contribution in [3.8, 4) is 5.75 Å². The Hall–Kier alpha value is -1.40. The summed E-state index contributed by atoms with van der Waals surface area (Å²) in [6, 6.07) is 7.46. The highest BCUT2D eigenvalue weighted by Gasteiger charge is 2.19. The van der Waals surface area contributed by atoms with Gasteiger partial charge in [-0.15, -0.1) is 11.3 Å². The Morgan fingerprint density at radius 2 is 2.23 bits per heavy atom. The zero-order valence-corrected chi connectivity index (χ0v) is 14.7. The number of benzene rings is 1. The van der Waals surface area contributed by atoms with Crippen molar-refractivity contribution in [2.75, 3.05) is 5.32 Å². The van der Waals surface area contributed by atoms with Gasteiger partial charge >= 0.3 is 0 Å². The Morgan fingerprint density at radius 1 is 1.41 bits per heavy atom. The predicted molar refractivity (Wildman–Crippen MR) is 91.6 cm³/mol. The SMILES string of the molecule is CC(Oc1cccc(Br)c1)C(=O)Nc1nc2c(s1)CCCC2. The van der Waals surface area contributed by atoms with E-state index in [-0.39, 0.29) is 5.91 Å². The number of nitrogens with one attached hydrogen (secondary N) is 1. The summed E-state index contributed by atoms with van der Waals surface area (Å²) >= 11 is 4.97. The van der Waals surface area contributed by atoms with Gasteiger partial charge in [-0.1, -0.05) is 22.0 Å². The molecule has 3 rings (SSSR count). The van der Waals surface area contributed by atoms with E-state index in [2.05, 4.69) is 26.2 Å². The van der Waals surface area contributed by atoms with E-state index in [9.17, 15) is 4.79 Å². The maximum atomic E-state index is 12.2. The van der Waals surface area contributed by atoms with E-state index in [0.29, 0.717) is 10.9 Å². The first-order valence-corrected chi connectivity index (χ1v) is 8.94. The van der Waals surface area contributed by atoms with Gasteiger partial charge in [-0.05, 0) is 50.8 Å². The van der Waals surface area contributed by atoms with Crippen LogP contribution >= 0.6 is 27.3 Å². The molecule has 0 spiro atoms. The van der Waals surface area contributed by atoms with Gasteiger partial charge < -0.3 is 4.74 Å². The third-order valence-corrected chi connectivity index (χ3v) is 5.12. The molecular weight excluding hydrogens is 364 g/mol. The lowest BCUT2D eigenvalue weighted by atomic mass is 10.0. The molecule has 1 heterocycles. The first-order valence-electron chi connectivity index (χ1n) is 7.33. The third-order valence-electron chi connectivity index (χ3n) is 3.55. The number of amides is 1. The predicted octanol–water partition coefficient (Wildman–Crippen LogP) is 4.19. The van der Waals surface area contributed by atoms with Crippen LogP contribution in [0.1, 0.15) is 30.3 Å². The number of halogens is 1. The zero-order valence-electron chi connectivity index (χ0n) is 12.3. The van der Waals surface area contributed by atoms with E-state index in [1.807, 2.05) is 24.3 Å². The average Bonchev–Trinajstić information content (AvgIpc) is 2.89. The number of anilines is 1. The Kier molecular flexibility index (Phi) is 4.78. The molecule has 22 heavy (non-hydrogen) atoms. The van der Waals surface area contributed by atoms with E-state index < -0.39 is 6.10 Å². The maximum Gasteiger partial charge on any atom is 0.266 e. The van der Waals surface area contributed by atoms with Crippen LogP contribution in [0.25, 0.3) is 0 Å². The van der Waals surface area contributed by atoms with Crippen molar-refractivity contribution in [2.45, 2.75) is 38.7 Å². The lowest BCUT2D eigenvalue weighted by molar-refractivity contribution is -0.122. The summed E-state index contributed by atoms with van der Waals surface area (Å²) in [6.07, 6.45) is 3.92. The van der Waals surface area contributed by atoms with Crippen LogP contribution in [0.2, 0.25) is 0 Å². The van der Waals surface area contributed by atoms with E-state index in [4.69, 9.17) is 4.74 Å². The van der Waals surface area contributed by atoms with Gasteiger partial charge in [0.05, 0.1) is 5.69 Å². The van der Waals surface area contributed by atoms with E-state index in [1.54, 1.807) is 18.3 Å². The highest BCUT2D eigenvalue weighted by molar-refractivity contribution is 9.10. The molecule has 2 aromatic rings. The van der Waals surface area contributed by atoms with Crippen molar-refractivity contribution < 1.29 is 9.53 Å². The van der Waals surface area contributed by atoms with Crippen LogP contribution in [-0.4, -0.2) is 17.0 Å². The van der Waals surface area contributed by atoms with Crippen LogP contribution in [0.3, 0.4) is 0 Å². The number of hydrogen-bond donors (Lipinski definition) is 1. The number of thiazole rings is 1. The van der Waals surface area contributed by atoms with Crippen LogP contribution in [0, 0.1) is 0 Å². The van der Waals surface area contributed by atoms with Crippen LogP contribution in [0.5, 0.6) is 5.75 Å². The minimum atomic E-state index is -0.574. The molecule has 0 aliphatic heterocycles. The van der Waals surface area contributed by atoms with Crippen molar-refractivity contribution in [1.82, 2.24) is 4.98 Å². The average molecular weight is 381 g/mol. The number of ether oxygens (including phenoxy) is 1. The van der Waals surface area contributed by atoms with E-state index in [0.717, 1.165) is 23.0 Å². The minimum absolute atomic E-state index is 0.175. The van der Waals surface area contributed by atoms with Crippen molar-refractivity contribution in [1.29, 1.82) is 0 Å². The molecule has 1 aliphatic rings. The number of carbonyl (C=O) groups excluding carboxylic acids is 1. The molecule has 1 aromatic heterocycles. The molecular formula is C16H17BrN2O2S. The largest absolute Gasteiger partial charge is 0.481 e. The number of hydrogen-bond acceptors (Lipinski definition) is 4. The van der Waals surface area contributed by atoms with Crippen LogP contribution in [-0.2, 0) is 17.6 Å². The second kappa shape index (κ2) is 6.79. The van der Waals surface area contributed by atoms with Crippen molar-refractivity contribution >= 4 is 38.3 Å². The van der Waals surface area contributed by atoms with Gasteiger partial charge in [-0.3, -0.25) is 10.1 Å². The van der Waals surface area contributed by atoms with Gasteiger partial charge in [-0.2, -0.15) is 0 Å². The summed E-state index contributed by atoms with van der Waals surface area (Å²) in [7, 11) is 0. The van der Waals surface area contributed by atoms with Gasteiger partial charge in [0.15, 0.2) is 11.2 Å². The number of aryl methyl sites for hydroxylation is 2. The second-order valence-corrected chi connectivity index (χ2v) is 7.30. The summed E-state index contributed by atoms with van der Waals surface area (Å²) in [6.45, 7) is 1.74. The smallest absolute Gasteiger partial charge is 0.266 e. The molecule has 1 amide bonds. The molecule has 1 N–H and O–H groups in total. The molecule has 116 valence electrons. The second-order valence-electron chi connectivity index (χ2n) is 5.30. The van der Waals surface area contributed by atoms with Gasteiger partial charge in [0, 0.05) is 9.35 Å². The summed E-state index contributed by atoms with van der Waals surface area (Å²) in [5.74, 6) is 0.488. The topological polar surface area (TPSA) is 51.2 Å². The summed E-state index contributed by atoms with van der Waals surface area (Å²) in [4.78, 5) is 18.1. The van der Waals surface area contributed by atoms with Crippen molar-refractivity contribution in [3.63, 3.8) is 0 Å². The summed E-state index contributed by atoms with van der Waals surface area (Å²) in [5, 5.41) is 3.55. The number of aromatic nitrogens is 1. The monoisotopic (exact) mass is 380 g/mol. The first kappa shape index (κ1) is 15.5. The van der Waals surface area contributed by atoms with E-state index in [1.165, 1.54) is 17.7 Å². The van der Waals surface area contributed by atoms with Gasteiger partial charge in [0.2, 0.25) is 0 Å². The van der Waals surface area contributed by atoms with Crippen LogP contribution in [0.4, 0.5) is 5.13 Å². The fourth-order valence-electron chi connectivity index (χ4n) is 2.41. The molecule has 0 saturated heterocycles. The number of nitrogens with zero attached hydrogens (tertiary/aromatic N) is 1.